The fourth-order valence-corrected chi connectivity index (χ4v) is 3.76. The number of benzene rings is 1. The highest BCUT2D eigenvalue weighted by Gasteiger charge is 2.16. The van der Waals surface area contributed by atoms with E-state index in [4.69, 9.17) is 10.2 Å². The first kappa shape index (κ1) is 17.2. The Balaban J connectivity index is 1.85. The molecular formula is C19H20N2O3S. The first-order valence-corrected chi connectivity index (χ1v) is 8.92. The lowest BCUT2D eigenvalue weighted by atomic mass is 9.95. The van der Waals surface area contributed by atoms with Gasteiger partial charge < -0.3 is 15.5 Å². The minimum absolute atomic E-state index is 0.170. The predicted octanol–water partition coefficient (Wildman–Crippen LogP) is 4.21. The van der Waals surface area contributed by atoms with Crippen LogP contribution in [0.3, 0.4) is 0 Å². The second-order valence-electron chi connectivity index (χ2n) is 6.37. The fourth-order valence-electron chi connectivity index (χ4n) is 2.95. The van der Waals surface area contributed by atoms with E-state index in [1.807, 2.05) is 6.07 Å². The number of hydrogen-bond donors (Lipinski definition) is 2. The van der Waals surface area contributed by atoms with Gasteiger partial charge in [0.2, 0.25) is 5.91 Å². The highest BCUT2D eigenvalue weighted by Crippen LogP contribution is 2.29. The maximum absolute atomic E-state index is 12.4. The summed E-state index contributed by atoms with van der Waals surface area (Å²) in [6, 6.07) is 5.71. The van der Waals surface area contributed by atoms with Crippen LogP contribution in [0.25, 0.3) is 11.0 Å². The van der Waals surface area contributed by atoms with Crippen molar-refractivity contribution >= 4 is 39.1 Å². The molecule has 0 saturated carbocycles. The molecule has 0 bridgehead atoms. The van der Waals surface area contributed by atoms with E-state index in [1.54, 1.807) is 17.7 Å². The van der Waals surface area contributed by atoms with Gasteiger partial charge in [-0.25, -0.2) is 0 Å². The quantitative estimate of drug-likeness (QED) is 0.718. The minimum Gasteiger partial charge on any atom is -0.464 e. The summed E-state index contributed by atoms with van der Waals surface area (Å²) >= 11 is 1.27. The van der Waals surface area contributed by atoms with Crippen molar-refractivity contribution in [2.75, 3.05) is 5.32 Å². The molecule has 25 heavy (non-hydrogen) atoms. The van der Waals surface area contributed by atoms with Gasteiger partial charge in [-0.05, 0) is 47.5 Å². The van der Waals surface area contributed by atoms with Gasteiger partial charge in [0.25, 0.3) is 5.91 Å². The third-order valence-electron chi connectivity index (χ3n) is 4.20. The van der Waals surface area contributed by atoms with Gasteiger partial charge in [-0.15, -0.1) is 11.3 Å². The first-order valence-electron chi connectivity index (χ1n) is 8.04. The normalized spacial score (nSPS) is 11.2. The van der Waals surface area contributed by atoms with E-state index < -0.39 is 5.91 Å². The molecule has 130 valence electrons. The summed E-state index contributed by atoms with van der Waals surface area (Å²) in [6.07, 6.45) is 1.79. The van der Waals surface area contributed by atoms with E-state index in [9.17, 15) is 9.59 Å². The average molecular weight is 356 g/mol. The summed E-state index contributed by atoms with van der Waals surface area (Å²) in [6.45, 7) is 6.34. The van der Waals surface area contributed by atoms with Crippen LogP contribution in [0.2, 0.25) is 0 Å². The molecule has 6 heteroatoms. The highest BCUT2D eigenvalue weighted by atomic mass is 32.1. The summed E-state index contributed by atoms with van der Waals surface area (Å²) in [7, 11) is 0. The smallest absolute Gasteiger partial charge is 0.251 e. The number of thiophene rings is 1. The maximum Gasteiger partial charge on any atom is 0.251 e. The van der Waals surface area contributed by atoms with Crippen LogP contribution in [0, 0.1) is 6.92 Å². The molecule has 3 aromatic rings. The summed E-state index contributed by atoms with van der Waals surface area (Å²) in [5.74, 6) is -0.369. The number of nitrogens with two attached hydrogens (primary N) is 1. The Morgan fingerprint density at radius 1 is 1.32 bits per heavy atom. The number of hydrogen-bond acceptors (Lipinski definition) is 4. The van der Waals surface area contributed by atoms with Crippen molar-refractivity contribution in [2.45, 2.75) is 33.1 Å². The molecule has 2 aromatic heterocycles. The molecule has 0 aliphatic heterocycles. The number of fused-ring (bicyclic) bond motifs is 1. The standard InChI is InChI=1S/C19H20N2O3S/c1-10(2)14-8-15-12(9-24-16(15)6-11(14)3)7-17(22)21-19-13(18(20)23)4-5-25-19/h4-6,8-10H,7H2,1-3H3,(H2,20,23)(H,21,22). The Morgan fingerprint density at radius 3 is 2.76 bits per heavy atom. The molecule has 3 rings (SSSR count). The number of aryl methyl sites for hydroxylation is 1. The fraction of sp³-hybridized carbons (Fsp3) is 0.263. The molecule has 0 fully saturated rings. The first-order chi connectivity index (χ1) is 11.9. The van der Waals surface area contributed by atoms with Gasteiger partial charge in [0.15, 0.2) is 0 Å². The SMILES string of the molecule is Cc1cc2occ(CC(=O)Nc3sccc3C(N)=O)c2cc1C(C)C. The van der Waals surface area contributed by atoms with Crippen molar-refractivity contribution in [3.05, 3.63) is 52.1 Å². The summed E-state index contributed by atoms with van der Waals surface area (Å²) in [5.41, 5.74) is 9.65. The van der Waals surface area contributed by atoms with Crippen molar-refractivity contribution < 1.29 is 14.0 Å². The third-order valence-corrected chi connectivity index (χ3v) is 5.03. The molecule has 2 amide bonds. The van der Waals surface area contributed by atoms with Crippen LogP contribution in [-0.4, -0.2) is 11.8 Å². The molecule has 3 N–H and O–H groups in total. The molecule has 0 unspecified atom stereocenters. The summed E-state index contributed by atoms with van der Waals surface area (Å²) in [5, 5.41) is 5.91. The van der Waals surface area contributed by atoms with Gasteiger partial charge in [-0.3, -0.25) is 9.59 Å². The lowest BCUT2D eigenvalue weighted by molar-refractivity contribution is -0.115. The lowest BCUT2D eigenvalue weighted by Gasteiger charge is -2.10. The average Bonchev–Trinajstić information content (AvgIpc) is 3.13. The molecule has 0 spiro atoms. The molecule has 0 atom stereocenters. The molecule has 1 aromatic carbocycles. The van der Waals surface area contributed by atoms with E-state index in [2.05, 4.69) is 32.2 Å². The Bertz CT molecular complexity index is 953. The number of anilines is 1. The number of amides is 2. The van der Waals surface area contributed by atoms with Gasteiger partial charge in [-0.2, -0.15) is 0 Å². The Morgan fingerprint density at radius 2 is 2.08 bits per heavy atom. The number of carbonyl (C=O) groups is 2. The second kappa shape index (κ2) is 6.72. The Hall–Kier alpha value is -2.60. The third kappa shape index (κ3) is 3.44. The largest absolute Gasteiger partial charge is 0.464 e. The molecule has 0 aliphatic carbocycles. The van der Waals surface area contributed by atoms with E-state index in [0.29, 0.717) is 16.5 Å². The zero-order valence-electron chi connectivity index (χ0n) is 14.4. The Kier molecular flexibility index (Phi) is 4.63. The van der Waals surface area contributed by atoms with Crippen LogP contribution in [-0.2, 0) is 11.2 Å². The number of rotatable bonds is 5. The van der Waals surface area contributed by atoms with Crippen LogP contribution < -0.4 is 11.1 Å². The van der Waals surface area contributed by atoms with Crippen LogP contribution in [0.15, 0.2) is 34.3 Å². The van der Waals surface area contributed by atoms with Gasteiger partial charge in [0.05, 0.1) is 18.2 Å². The summed E-state index contributed by atoms with van der Waals surface area (Å²) < 4.78 is 5.61. The number of carbonyl (C=O) groups excluding carboxylic acids is 2. The lowest BCUT2D eigenvalue weighted by Crippen LogP contribution is -2.17. The maximum atomic E-state index is 12.4. The molecule has 5 nitrogen and oxygen atoms in total. The van der Waals surface area contributed by atoms with E-state index in [1.165, 1.54) is 22.5 Å². The molecular weight excluding hydrogens is 336 g/mol. The number of nitrogens with one attached hydrogen (secondary N) is 1. The van der Waals surface area contributed by atoms with E-state index in [0.717, 1.165) is 16.5 Å². The second-order valence-corrected chi connectivity index (χ2v) is 7.29. The van der Waals surface area contributed by atoms with Gasteiger partial charge >= 0.3 is 0 Å². The molecule has 0 saturated heterocycles. The number of furan rings is 1. The Labute approximate surface area is 149 Å². The molecule has 0 aliphatic rings. The summed E-state index contributed by atoms with van der Waals surface area (Å²) in [4.78, 5) is 23.7. The monoisotopic (exact) mass is 356 g/mol. The topological polar surface area (TPSA) is 85.3 Å². The van der Waals surface area contributed by atoms with Crippen molar-refractivity contribution in [1.82, 2.24) is 0 Å². The van der Waals surface area contributed by atoms with Crippen LogP contribution in [0.4, 0.5) is 5.00 Å². The van der Waals surface area contributed by atoms with Gasteiger partial charge in [0, 0.05) is 10.9 Å². The van der Waals surface area contributed by atoms with Crippen LogP contribution >= 0.6 is 11.3 Å². The van der Waals surface area contributed by atoms with E-state index in [-0.39, 0.29) is 12.3 Å². The van der Waals surface area contributed by atoms with Gasteiger partial charge in [-0.1, -0.05) is 13.8 Å². The predicted molar refractivity (Wildman–Crippen MR) is 100 cm³/mol. The zero-order valence-corrected chi connectivity index (χ0v) is 15.2. The van der Waals surface area contributed by atoms with Crippen LogP contribution in [0.5, 0.6) is 0 Å². The van der Waals surface area contributed by atoms with Crippen molar-refractivity contribution in [3.63, 3.8) is 0 Å². The van der Waals surface area contributed by atoms with Crippen molar-refractivity contribution in [1.29, 1.82) is 0 Å². The molecule has 0 radical (unpaired) electrons. The minimum atomic E-state index is -0.553. The number of primary amides is 1. The van der Waals surface area contributed by atoms with Crippen LogP contribution in [0.1, 0.15) is 46.8 Å². The zero-order chi connectivity index (χ0) is 18.1. The highest BCUT2D eigenvalue weighted by molar-refractivity contribution is 7.14. The van der Waals surface area contributed by atoms with Crippen molar-refractivity contribution in [3.8, 4) is 0 Å². The van der Waals surface area contributed by atoms with E-state index >= 15 is 0 Å². The van der Waals surface area contributed by atoms with Gasteiger partial charge in [0.1, 0.15) is 10.6 Å². The van der Waals surface area contributed by atoms with Crippen molar-refractivity contribution in [2.24, 2.45) is 5.73 Å². The molecule has 2 heterocycles.